The molecule has 0 unspecified atom stereocenters. The molecule has 1 N–H and O–H groups in total. The molecule has 0 spiro atoms. The number of benzene rings is 1. The van der Waals surface area contributed by atoms with Crippen molar-refractivity contribution < 1.29 is 17.9 Å². The molecule has 1 fully saturated rings. The van der Waals surface area contributed by atoms with Crippen LogP contribution in [0.15, 0.2) is 51.4 Å². The number of amides is 1. The minimum Gasteiger partial charge on any atom is -0.494 e. The maximum absolute atomic E-state index is 12.7. The number of thiazole rings is 1. The molecule has 1 aliphatic heterocycles. The van der Waals surface area contributed by atoms with Crippen molar-refractivity contribution in [3.63, 3.8) is 0 Å². The highest BCUT2D eigenvalue weighted by Gasteiger charge is 2.32. The van der Waals surface area contributed by atoms with Crippen molar-refractivity contribution in [1.82, 2.24) is 9.29 Å². The summed E-state index contributed by atoms with van der Waals surface area (Å²) < 4.78 is 32.5. The van der Waals surface area contributed by atoms with E-state index in [2.05, 4.69) is 10.3 Å². The number of piperidine rings is 1. The van der Waals surface area contributed by atoms with E-state index < -0.39 is 10.0 Å². The summed E-state index contributed by atoms with van der Waals surface area (Å²) in [5, 5.41) is 7.09. The zero-order chi connectivity index (χ0) is 21.8. The number of hydrogen-bond acceptors (Lipinski definition) is 7. The van der Waals surface area contributed by atoms with Crippen LogP contribution in [-0.2, 0) is 14.8 Å². The smallest absolute Gasteiger partial charge is 0.252 e. The number of ether oxygens (including phenoxy) is 1. The van der Waals surface area contributed by atoms with Crippen molar-refractivity contribution in [1.29, 1.82) is 0 Å². The summed E-state index contributed by atoms with van der Waals surface area (Å²) in [5.41, 5.74) is 1.74. The van der Waals surface area contributed by atoms with Crippen LogP contribution in [0.3, 0.4) is 0 Å². The van der Waals surface area contributed by atoms with Crippen LogP contribution in [0.2, 0.25) is 0 Å². The van der Waals surface area contributed by atoms with E-state index in [4.69, 9.17) is 4.74 Å². The molecule has 1 aromatic carbocycles. The van der Waals surface area contributed by atoms with E-state index in [9.17, 15) is 13.2 Å². The van der Waals surface area contributed by atoms with E-state index in [0.717, 1.165) is 17.0 Å². The van der Waals surface area contributed by atoms with Crippen LogP contribution in [0, 0.1) is 5.92 Å². The van der Waals surface area contributed by atoms with E-state index in [1.165, 1.54) is 27.0 Å². The van der Waals surface area contributed by atoms with Crippen molar-refractivity contribution in [3.8, 4) is 17.0 Å². The number of carbonyl (C=O) groups is 1. The van der Waals surface area contributed by atoms with Crippen molar-refractivity contribution >= 4 is 43.7 Å². The number of aromatic nitrogens is 1. The van der Waals surface area contributed by atoms with Crippen LogP contribution in [0.4, 0.5) is 5.13 Å². The molecule has 0 saturated carbocycles. The largest absolute Gasteiger partial charge is 0.494 e. The first kappa shape index (κ1) is 21.9. The molecule has 164 valence electrons. The van der Waals surface area contributed by atoms with Gasteiger partial charge in [-0.25, -0.2) is 13.4 Å². The predicted molar refractivity (Wildman–Crippen MR) is 123 cm³/mol. The van der Waals surface area contributed by atoms with Crippen LogP contribution >= 0.6 is 22.7 Å². The summed E-state index contributed by atoms with van der Waals surface area (Å²) in [5.74, 6) is 0.468. The lowest BCUT2D eigenvalue weighted by Crippen LogP contribution is -2.41. The molecule has 7 nitrogen and oxygen atoms in total. The number of carbonyl (C=O) groups excluding carboxylic acids is 1. The lowest BCUT2D eigenvalue weighted by molar-refractivity contribution is -0.120. The lowest BCUT2D eigenvalue weighted by atomic mass is 9.97. The number of anilines is 1. The molecule has 1 amide bonds. The summed E-state index contributed by atoms with van der Waals surface area (Å²) in [6, 6.07) is 11.0. The summed E-state index contributed by atoms with van der Waals surface area (Å²) in [6.07, 6.45) is 0.987. The van der Waals surface area contributed by atoms with E-state index in [1.807, 2.05) is 36.6 Å². The SMILES string of the molecule is CCOc1ccc(-c2csc(NC(=O)C3CCN(S(=O)(=O)c4cccs4)CC3)n2)cc1. The van der Waals surface area contributed by atoms with Gasteiger partial charge in [-0.2, -0.15) is 4.31 Å². The molecule has 0 aliphatic carbocycles. The lowest BCUT2D eigenvalue weighted by Gasteiger charge is -2.29. The molecule has 0 atom stereocenters. The number of nitrogens with one attached hydrogen (secondary N) is 1. The van der Waals surface area contributed by atoms with E-state index in [-0.39, 0.29) is 11.8 Å². The Morgan fingerprint density at radius 2 is 1.94 bits per heavy atom. The highest BCUT2D eigenvalue weighted by molar-refractivity contribution is 7.91. The van der Waals surface area contributed by atoms with Crippen molar-refractivity contribution in [3.05, 3.63) is 47.2 Å². The molecule has 0 radical (unpaired) electrons. The molecule has 10 heteroatoms. The standard InChI is InChI=1S/C21H23N3O4S3/c1-2-28-17-7-5-15(6-8-17)18-14-30-21(22-18)23-20(25)16-9-11-24(12-10-16)31(26,27)19-4-3-13-29-19/h3-8,13-14,16H,2,9-12H2,1H3,(H,22,23,25). The Bertz CT molecular complexity index is 1120. The molecule has 3 heterocycles. The molecule has 1 saturated heterocycles. The van der Waals surface area contributed by atoms with Gasteiger partial charge in [-0.15, -0.1) is 22.7 Å². The van der Waals surface area contributed by atoms with Gasteiger partial charge < -0.3 is 10.1 Å². The van der Waals surface area contributed by atoms with Crippen LogP contribution in [0.1, 0.15) is 19.8 Å². The van der Waals surface area contributed by atoms with Gasteiger partial charge in [-0.1, -0.05) is 6.07 Å². The minimum atomic E-state index is -3.46. The number of hydrogen-bond donors (Lipinski definition) is 1. The van der Waals surface area contributed by atoms with Gasteiger partial charge in [0, 0.05) is 30.0 Å². The van der Waals surface area contributed by atoms with Crippen molar-refractivity contribution in [2.75, 3.05) is 25.0 Å². The first-order valence-electron chi connectivity index (χ1n) is 10.0. The fraction of sp³-hybridized carbons (Fsp3) is 0.333. The summed E-state index contributed by atoms with van der Waals surface area (Å²) in [7, 11) is -3.46. The molecule has 1 aliphatic rings. The second-order valence-electron chi connectivity index (χ2n) is 7.09. The van der Waals surface area contributed by atoms with Crippen LogP contribution in [0.25, 0.3) is 11.3 Å². The zero-order valence-corrected chi connectivity index (χ0v) is 19.4. The molecule has 3 aromatic rings. The van der Waals surface area contributed by atoms with Crippen molar-refractivity contribution in [2.45, 2.75) is 24.0 Å². The Morgan fingerprint density at radius 3 is 2.58 bits per heavy atom. The maximum Gasteiger partial charge on any atom is 0.252 e. The molecule has 0 bridgehead atoms. The highest BCUT2D eigenvalue weighted by atomic mass is 32.2. The molecular formula is C21H23N3O4S3. The third-order valence-corrected chi connectivity index (χ3v) is 9.14. The first-order chi connectivity index (χ1) is 15.0. The minimum absolute atomic E-state index is 0.110. The quantitative estimate of drug-likeness (QED) is 0.548. The number of thiophene rings is 1. The Kier molecular flexibility index (Phi) is 6.71. The summed E-state index contributed by atoms with van der Waals surface area (Å²) in [6.45, 7) is 3.24. The Morgan fingerprint density at radius 1 is 1.19 bits per heavy atom. The van der Waals surface area contributed by atoms with Gasteiger partial charge in [-0.3, -0.25) is 4.79 Å². The van der Waals surface area contributed by atoms with Gasteiger partial charge >= 0.3 is 0 Å². The number of rotatable bonds is 7. The number of nitrogens with zero attached hydrogens (tertiary/aromatic N) is 2. The zero-order valence-electron chi connectivity index (χ0n) is 17.0. The van der Waals surface area contributed by atoms with Gasteiger partial charge in [0.1, 0.15) is 9.96 Å². The van der Waals surface area contributed by atoms with Crippen LogP contribution < -0.4 is 10.1 Å². The van der Waals surface area contributed by atoms with Crippen molar-refractivity contribution in [2.24, 2.45) is 5.92 Å². The second kappa shape index (κ2) is 9.47. The van der Waals surface area contributed by atoms with Gasteiger partial charge in [-0.05, 0) is 55.5 Å². The molecule has 2 aromatic heterocycles. The van der Waals surface area contributed by atoms with Gasteiger partial charge in [0.15, 0.2) is 5.13 Å². The van der Waals surface area contributed by atoms with E-state index >= 15 is 0 Å². The van der Waals surface area contributed by atoms with Gasteiger partial charge in [0.25, 0.3) is 10.0 Å². The normalized spacial score (nSPS) is 15.6. The molecule has 4 rings (SSSR count). The average Bonchev–Trinajstić information content (AvgIpc) is 3.47. The predicted octanol–water partition coefficient (Wildman–Crippen LogP) is 4.31. The third-order valence-electron chi connectivity index (χ3n) is 5.11. The van der Waals surface area contributed by atoms with Gasteiger partial charge in [0.2, 0.25) is 5.91 Å². The van der Waals surface area contributed by atoms with E-state index in [1.54, 1.807) is 17.5 Å². The summed E-state index contributed by atoms with van der Waals surface area (Å²) >= 11 is 2.59. The van der Waals surface area contributed by atoms with E-state index in [0.29, 0.717) is 41.9 Å². The summed E-state index contributed by atoms with van der Waals surface area (Å²) in [4.78, 5) is 17.2. The fourth-order valence-electron chi connectivity index (χ4n) is 3.46. The first-order valence-corrected chi connectivity index (χ1v) is 13.2. The Labute approximate surface area is 189 Å². The Balaban J connectivity index is 1.33. The van der Waals surface area contributed by atoms with Crippen LogP contribution in [0.5, 0.6) is 5.75 Å². The number of sulfonamides is 1. The van der Waals surface area contributed by atoms with Crippen LogP contribution in [-0.4, -0.2) is 43.3 Å². The molecular weight excluding hydrogens is 454 g/mol. The fourth-order valence-corrected chi connectivity index (χ4v) is 6.79. The maximum atomic E-state index is 12.7. The highest BCUT2D eigenvalue weighted by Crippen LogP contribution is 2.29. The second-order valence-corrected chi connectivity index (χ2v) is 11.1. The topological polar surface area (TPSA) is 88.6 Å². The molecule has 31 heavy (non-hydrogen) atoms. The van der Waals surface area contributed by atoms with Gasteiger partial charge in [0.05, 0.1) is 12.3 Å². The average molecular weight is 478 g/mol. The third kappa shape index (κ3) is 4.98. The monoisotopic (exact) mass is 477 g/mol. The Hall–Kier alpha value is -2.27.